The maximum Gasteiger partial charge on any atom is 0.266 e. The zero-order valence-electron chi connectivity index (χ0n) is 10.2. The van der Waals surface area contributed by atoms with Crippen LogP contribution in [0, 0.1) is 6.92 Å². The number of thiazole rings is 1. The quantitative estimate of drug-likeness (QED) is 0.788. The second-order valence-corrected chi connectivity index (χ2v) is 5.37. The highest BCUT2D eigenvalue weighted by atomic mass is 32.1. The maximum atomic E-state index is 12.4. The van der Waals surface area contributed by atoms with Crippen molar-refractivity contribution in [2.45, 2.75) is 19.9 Å². The van der Waals surface area contributed by atoms with E-state index in [9.17, 15) is 4.79 Å². The third kappa shape index (κ3) is 1.93. The molecule has 0 saturated carbocycles. The van der Waals surface area contributed by atoms with Crippen LogP contribution in [0.5, 0.6) is 0 Å². The molecule has 0 aliphatic carbocycles. The predicted molar refractivity (Wildman–Crippen MR) is 71.7 cm³/mol. The Labute approximate surface area is 110 Å². The van der Waals surface area contributed by atoms with E-state index >= 15 is 0 Å². The molecule has 4 heteroatoms. The zero-order chi connectivity index (χ0) is 12.5. The molecule has 2 heterocycles. The first kappa shape index (κ1) is 11.4. The number of fused-ring (bicyclic) bond motifs is 1. The van der Waals surface area contributed by atoms with Crippen molar-refractivity contribution in [3.63, 3.8) is 0 Å². The summed E-state index contributed by atoms with van der Waals surface area (Å²) in [4.78, 5) is 19.2. The highest BCUT2D eigenvalue weighted by Gasteiger charge is 2.23. The Hall–Kier alpha value is -1.68. The molecule has 0 saturated heterocycles. The third-order valence-electron chi connectivity index (χ3n) is 3.36. The van der Waals surface area contributed by atoms with E-state index in [1.165, 1.54) is 22.5 Å². The van der Waals surface area contributed by atoms with Crippen LogP contribution in [-0.2, 0) is 13.0 Å². The molecule has 0 N–H and O–H groups in total. The van der Waals surface area contributed by atoms with E-state index in [0.29, 0.717) is 6.54 Å². The molecule has 0 unspecified atom stereocenters. The number of carbonyl (C=O) groups is 1. The summed E-state index contributed by atoms with van der Waals surface area (Å²) in [6.45, 7) is 3.40. The van der Waals surface area contributed by atoms with Gasteiger partial charge >= 0.3 is 0 Å². The van der Waals surface area contributed by atoms with Crippen molar-refractivity contribution in [1.82, 2.24) is 9.88 Å². The summed E-state index contributed by atoms with van der Waals surface area (Å²) in [5.41, 5.74) is 5.20. The van der Waals surface area contributed by atoms with Crippen LogP contribution >= 0.6 is 11.3 Å². The average molecular weight is 258 g/mol. The summed E-state index contributed by atoms with van der Waals surface area (Å²) in [6, 6.07) is 8.35. The molecule has 3 rings (SSSR count). The largest absolute Gasteiger partial charge is 0.333 e. The number of rotatable bonds is 1. The molecule has 92 valence electrons. The van der Waals surface area contributed by atoms with Crippen molar-refractivity contribution < 1.29 is 4.79 Å². The minimum absolute atomic E-state index is 0.115. The van der Waals surface area contributed by atoms with Crippen molar-refractivity contribution >= 4 is 17.2 Å². The Bertz CT molecular complexity index is 591. The van der Waals surface area contributed by atoms with Crippen molar-refractivity contribution in [1.29, 1.82) is 0 Å². The minimum Gasteiger partial charge on any atom is -0.333 e. The van der Waals surface area contributed by atoms with E-state index in [2.05, 4.69) is 23.2 Å². The molecule has 1 aliphatic heterocycles. The van der Waals surface area contributed by atoms with Gasteiger partial charge in [-0.05, 0) is 24.5 Å². The molecule has 0 radical (unpaired) electrons. The molecule has 0 fully saturated rings. The molecular weight excluding hydrogens is 244 g/mol. The molecule has 0 bridgehead atoms. The van der Waals surface area contributed by atoms with Gasteiger partial charge < -0.3 is 4.90 Å². The Kier molecular flexibility index (Phi) is 2.88. The number of aromatic nitrogens is 1. The van der Waals surface area contributed by atoms with Crippen molar-refractivity contribution in [2.24, 2.45) is 0 Å². The minimum atomic E-state index is 0.115. The molecule has 1 aliphatic rings. The molecular formula is C14H14N2OS. The summed E-state index contributed by atoms with van der Waals surface area (Å²) >= 11 is 1.43. The maximum absolute atomic E-state index is 12.4. The fourth-order valence-corrected chi connectivity index (χ4v) is 3.09. The lowest BCUT2D eigenvalue weighted by atomic mass is 10.00. The Morgan fingerprint density at radius 1 is 1.33 bits per heavy atom. The van der Waals surface area contributed by atoms with E-state index < -0.39 is 0 Å². The van der Waals surface area contributed by atoms with E-state index in [1.54, 1.807) is 5.51 Å². The van der Waals surface area contributed by atoms with Crippen LogP contribution in [0.2, 0.25) is 0 Å². The Morgan fingerprint density at radius 2 is 2.11 bits per heavy atom. The van der Waals surface area contributed by atoms with E-state index in [-0.39, 0.29) is 5.91 Å². The van der Waals surface area contributed by atoms with Crippen LogP contribution in [-0.4, -0.2) is 22.3 Å². The highest BCUT2D eigenvalue weighted by Crippen LogP contribution is 2.22. The number of amides is 1. The van der Waals surface area contributed by atoms with E-state index in [0.717, 1.165) is 23.5 Å². The van der Waals surface area contributed by atoms with E-state index in [1.807, 2.05) is 17.9 Å². The first-order valence-electron chi connectivity index (χ1n) is 6.02. The van der Waals surface area contributed by atoms with Gasteiger partial charge in [0.1, 0.15) is 4.88 Å². The molecule has 3 nitrogen and oxygen atoms in total. The van der Waals surface area contributed by atoms with Crippen LogP contribution in [0.1, 0.15) is 26.5 Å². The smallest absolute Gasteiger partial charge is 0.266 e. The lowest BCUT2D eigenvalue weighted by Crippen LogP contribution is -2.35. The van der Waals surface area contributed by atoms with Gasteiger partial charge in [-0.25, -0.2) is 4.98 Å². The van der Waals surface area contributed by atoms with Gasteiger partial charge in [-0.2, -0.15) is 0 Å². The lowest BCUT2D eigenvalue weighted by Gasteiger charge is -2.28. The molecule has 2 aromatic rings. The average Bonchev–Trinajstić information content (AvgIpc) is 2.83. The van der Waals surface area contributed by atoms with Gasteiger partial charge in [0.2, 0.25) is 0 Å². The first-order chi connectivity index (χ1) is 8.75. The summed E-state index contributed by atoms with van der Waals surface area (Å²) in [7, 11) is 0. The van der Waals surface area contributed by atoms with Crippen LogP contribution in [0.25, 0.3) is 0 Å². The fraction of sp³-hybridized carbons (Fsp3) is 0.286. The number of hydrogen-bond acceptors (Lipinski definition) is 3. The topological polar surface area (TPSA) is 33.2 Å². The summed E-state index contributed by atoms with van der Waals surface area (Å²) in [5.74, 6) is 0.115. The third-order valence-corrected chi connectivity index (χ3v) is 4.27. The van der Waals surface area contributed by atoms with Gasteiger partial charge in [-0.3, -0.25) is 4.79 Å². The van der Waals surface area contributed by atoms with Gasteiger partial charge in [-0.15, -0.1) is 11.3 Å². The standard InChI is InChI=1S/C14H14N2OS/c1-10-13(18-9-15-10)14(17)16-7-6-11-4-2-3-5-12(11)8-16/h2-5,9H,6-8H2,1H3. The monoisotopic (exact) mass is 258 g/mol. The zero-order valence-corrected chi connectivity index (χ0v) is 11.0. The molecule has 1 amide bonds. The fourth-order valence-electron chi connectivity index (χ4n) is 2.32. The summed E-state index contributed by atoms with van der Waals surface area (Å²) in [6.07, 6.45) is 0.944. The first-order valence-corrected chi connectivity index (χ1v) is 6.90. The van der Waals surface area contributed by atoms with Gasteiger partial charge in [0.15, 0.2) is 0 Å². The van der Waals surface area contributed by atoms with Crippen LogP contribution in [0.15, 0.2) is 29.8 Å². The van der Waals surface area contributed by atoms with Crippen molar-refractivity contribution in [3.05, 3.63) is 51.5 Å². The van der Waals surface area contributed by atoms with Crippen LogP contribution in [0.3, 0.4) is 0 Å². The Morgan fingerprint density at radius 3 is 2.83 bits per heavy atom. The highest BCUT2D eigenvalue weighted by molar-refractivity contribution is 7.11. The number of carbonyl (C=O) groups excluding carboxylic acids is 1. The lowest BCUT2D eigenvalue weighted by molar-refractivity contribution is 0.0738. The molecule has 1 aromatic carbocycles. The number of aryl methyl sites for hydroxylation is 1. The van der Waals surface area contributed by atoms with Gasteiger partial charge in [0, 0.05) is 13.1 Å². The van der Waals surface area contributed by atoms with Crippen molar-refractivity contribution in [2.75, 3.05) is 6.54 Å². The predicted octanol–water partition coefficient (Wildman–Crippen LogP) is 2.65. The Balaban J connectivity index is 1.84. The second-order valence-electron chi connectivity index (χ2n) is 4.51. The second kappa shape index (κ2) is 4.53. The van der Waals surface area contributed by atoms with E-state index in [4.69, 9.17) is 0 Å². The number of hydrogen-bond donors (Lipinski definition) is 0. The van der Waals surface area contributed by atoms with Crippen LogP contribution < -0.4 is 0 Å². The van der Waals surface area contributed by atoms with Crippen LogP contribution in [0.4, 0.5) is 0 Å². The SMILES string of the molecule is Cc1ncsc1C(=O)N1CCc2ccccc2C1. The van der Waals surface area contributed by atoms with Gasteiger partial charge in [0.25, 0.3) is 5.91 Å². The normalized spacial score (nSPS) is 14.4. The van der Waals surface area contributed by atoms with Gasteiger partial charge in [0.05, 0.1) is 11.2 Å². The molecule has 1 aromatic heterocycles. The molecule has 0 spiro atoms. The number of nitrogens with zero attached hydrogens (tertiary/aromatic N) is 2. The number of benzene rings is 1. The molecule has 18 heavy (non-hydrogen) atoms. The van der Waals surface area contributed by atoms with Gasteiger partial charge in [-0.1, -0.05) is 24.3 Å². The summed E-state index contributed by atoms with van der Waals surface area (Å²) < 4.78 is 0. The van der Waals surface area contributed by atoms with Crippen molar-refractivity contribution in [3.8, 4) is 0 Å². The summed E-state index contributed by atoms with van der Waals surface area (Å²) in [5, 5.41) is 0. The molecule has 0 atom stereocenters.